The number of rotatable bonds is 0. The summed E-state index contributed by atoms with van der Waals surface area (Å²) >= 11 is 4.11. The van der Waals surface area contributed by atoms with Crippen molar-refractivity contribution in [2.45, 2.75) is 22.6 Å². The molecule has 1 spiro atoms. The molecule has 0 aromatic heterocycles. The van der Waals surface area contributed by atoms with Crippen molar-refractivity contribution in [2.24, 2.45) is 0 Å². The van der Waals surface area contributed by atoms with E-state index in [9.17, 15) is 0 Å². The zero-order valence-corrected chi connectivity index (χ0v) is 10.3. The molecule has 1 fully saturated rings. The minimum atomic E-state index is 0.236. The Bertz CT molecular complexity index is 358. The molecule has 1 N–H and O–H groups in total. The summed E-state index contributed by atoms with van der Waals surface area (Å²) in [5, 5.41) is 3.74. The number of thioether (sulfide) groups is 2. The second-order valence-electron chi connectivity index (χ2n) is 4.05. The molecule has 1 saturated heterocycles. The molecule has 80 valence electrons. The number of hydrogen-bond donors (Lipinski definition) is 1. The number of fused-ring (bicyclic) bond motifs is 2. The lowest BCUT2D eigenvalue weighted by Gasteiger charge is -2.41. The van der Waals surface area contributed by atoms with Crippen LogP contribution in [0.3, 0.4) is 0 Å². The van der Waals surface area contributed by atoms with E-state index in [1.807, 2.05) is 11.8 Å². The lowest BCUT2D eigenvalue weighted by molar-refractivity contribution is 0.447. The highest BCUT2D eigenvalue weighted by Gasteiger charge is 2.38. The maximum Gasteiger partial charge on any atom is 0.0920 e. The number of nitrogens with one attached hydrogen (secondary N) is 1. The standard InChI is InChI=1S/C12H15NS2/c1-2-5-11-10(4-1)12(6-9-14-11)13-7-3-8-15-12/h1-2,4-5,13H,3,6-9H2. The summed E-state index contributed by atoms with van der Waals surface area (Å²) in [5.41, 5.74) is 1.52. The van der Waals surface area contributed by atoms with Crippen molar-refractivity contribution in [3.8, 4) is 0 Å². The molecule has 1 nitrogen and oxygen atoms in total. The molecule has 1 aromatic carbocycles. The average Bonchev–Trinajstić information content (AvgIpc) is 2.31. The van der Waals surface area contributed by atoms with Gasteiger partial charge in [-0.3, -0.25) is 5.32 Å². The van der Waals surface area contributed by atoms with Gasteiger partial charge in [0, 0.05) is 10.6 Å². The normalized spacial score (nSPS) is 30.1. The van der Waals surface area contributed by atoms with Crippen molar-refractivity contribution in [2.75, 3.05) is 18.1 Å². The van der Waals surface area contributed by atoms with Crippen molar-refractivity contribution < 1.29 is 0 Å². The Morgan fingerprint density at radius 3 is 3.00 bits per heavy atom. The van der Waals surface area contributed by atoms with E-state index in [0.717, 1.165) is 0 Å². The highest BCUT2D eigenvalue weighted by molar-refractivity contribution is 8.01. The molecule has 3 rings (SSSR count). The molecule has 15 heavy (non-hydrogen) atoms. The molecule has 2 aliphatic rings. The fraction of sp³-hybridized carbons (Fsp3) is 0.500. The topological polar surface area (TPSA) is 12.0 Å². The maximum absolute atomic E-state index is 3.74. The third kappa shape index (κ3) is 1.71. The van der Waals surface area contributed by atoms with Gasteiger partial charge < -0.3 is 0 Å². The Kier molecular flexibility index (Phi) is 2.71. The van der Waals surface area contributed by atoms with Crippen molar-refractivity contribution in [1.82, 2.24) is 5.32 Å². The van der Waals surface area contributed by atoms with E-state index < -0.39 is 0 Å². The molecule has 2 heterocycles. The van der Waals surface area contributed by atoms with E-state index in [1.165, 1.54) is 41.4 Å². The van der Waals surface area contributed by atoms with Crippen LogP contribution in [0.15, 0.2) is 29.2 Å². The Labute approximate surface area is 99.4 Å². The third-order valence-corrected chi connectivity index (χ3v) is 5.74. The molecule has 0 aliphatic carbocycles. The summed E-state index contributed by atoms with van der Waals surface area (Å²) in [6, 6.07) is 8.88. The van der Waals surface area contributed by atoms with Crippen molar-refractivity contribution in [3.63, 3.8) is 0 Å². The zero-order valence-electron chi connectivity index (χ0n) is 8.66. The molecule has 0 amide bonds. The molecule has 1 atom stereocenters. The second-order valence-corrected chi connectivity index (χ2v) is 6.58. The predicted molar refractivity (Wildman–Crippen MR) is 68.5 cm³/mol. The summed E-state index contributed by atoms with van der Waals surface area (Å²) < 4.78 is 0. The first-order valence-electron chi connectivity index (χ1n) is 5.52. The van der Waals surface area contributed by atoms with Gasteiger partial charge >= 0.3 is 0 Å². The first-order valence-corrected chi connectivity index (χ1v) is 7.49. The van der Waals surface area contributed by atoms with Gasteiger partial charge in [0.1, 0.15) is 0 Å². The summed E-state index contributed by atoms with van der Waals surface area (Å²) in [4.78, 5) is 1.71. The van der Waals surface area contributed by atoms with Gasteiger partial charge in [-0.1, -0.05) is 18.2 Å². The lowest BCUT2D eigenvalue weighted by atomic mass is 10.0. The van der Waals surface area contributed by atoms with E-state index in [0.29, 0.717) is 0 Å². The molecular formula is C12H15NS2. The highest BCUT2D eigenvalue weighted by atomic mass is 32.2. The second kappa shape index (κ2) is 4.04. The fourth-order valence-electron chi connectivity index (χ4n) is 2.36. The summed E-state index contributed by atoms with van der Waals surface area (Å²) in [7, 11) is 0. The molecule has 1 aromatic rings. The molecule has 2 aliphatic heterocycles. The van der Waals surface area contributed by atoms with Crippen LogP contribution in [0.2, 0.25) is 0 Å². The SMILES string of the molecule is c1ccc2c(c1)SCCC21NCCCS1. The van der Waals surface area contributed by atoms with Crippen molar-refractivity contribution in [1.29, 1.82) is 0 Å². The Hall–Kier alpha value is -0.120. The Morgan fingerprint density at radius 2 is 2.13 bits per heavy atom. The van der Waals surface area contributed by atoms with Gasteiger partial charge in [0.2, 0.25) is 0 Å². The van der Waals surface area contributed by atoms with Gasteiger partial charge in [-0.25, -0.2) is 0 Å². The van der Waals surface area contributed by atoms with E-state index in [2.05, 4.69) is 41.3 Å². The average molecular weight is 237 g/mol. The summed E-state index contributed by atoms with van der Waals surface area (Å²) in [5.74, 6) is 2.54. The van der Waals surface area contributed by atoms with Crippen LogP contribution in [0.1, 0.15) is 18.4 Å². The van der Waals surface area contributed by atoms with Crippen molar-refractivity contribution in [3.05, 3.63) is 29.8 Å². The van der Waals surface area contributed by atoms with Crippen LogP contribution in [0, 0.1) is 0 Å². The predicted octanol–water partition coefficient (Wildman–Crippen LogP) is 3.06. The minimum absolute atomic E-state index is 0.236. The highest BCUT2D eigenvalue weighted by Crippen LogP contribution is 2.48. The van der Waals surface area contributed by atoms with E-state index in [-0.39, 0.29) is 4.87 Å². The van der Waals surface area contributed by atoms with E-state index >= 15 is 0 Å². The van der Waals surface area contributed by atoms with E-state index in [4.69, 9.17) is 0 Å². The summed E-state index contributed by atoms with van der Waals surface area (Å²) in [6.45, 7) is 1.17. The van der Waals surface area contributed by atoms with E-state index in [1.54, 1.807) is 0 Å². The monoisotopic (exact) mass is 237 g/mol. The van der Waals surface area contributed by atoms with Gasteiger partial charge in [0.25, 0.3) is 0 Å². The number of hydrogen-bond acceptors (Lipinski definition) is 3. The van der Waals surface area contributed by atoms with Crippen LogP contribution in [0.5, 0.6) is 0 Å². The molecular weight excluding hydrogens is 222 g/mol. The molecule has 0 bridgehead atoms. The zero-order chi connectivity index (χ0) is 10.1. The first-order chi connectivity index (χ1) is 7.41. The van der Waals surface area contributed by atoms with Gasteiger partial charge in [0.15, 0.2) is 0 Å². The smallest absolute Gasteiger partial charge is 0.0920 e. The Morgan fingerprint density at radius 1 is 1.20 bits per heavy atom. The van der Waals surface area contributed by atoms with Gasteiger partial charge in [-0.15, -0.1) is 23.5 Å². The van der Waals surface area contributed by atoms with Crippen LogP contribution in [0.25, 0.3) is 0 Å². The lowest BCUT2D eigenvalue weighted by Crippen LogP contribution is -2.45. The van der Waals surface area contributed by atoms with Gasteiger partial charge in [-0.05, 0) is 36.8 Å². The Balaban J connectivity index is 2.04. The molecule has 0 saturated carbocycles. The maximum atomic E-state index is 3.74. The minimum Gasteiger partial charge on any atom is -0.299 e. The fourth-order valence-corrected chi connectivity index (χ4v) is 5.17. The number of benzene rings is 1. The molecule has 3 heteroatoms. The van der Waals surface area contributed by atoms with Gasteiger partial charge in [0.05, 0.1) is 4.87 Å². The quantitative estimate of drug-likeness (QED) is 0.745. The van der Waals surface area contributed by atoms with Crippen LogP contribution < -0.4 is 5.32 Å². The summed E-state index contributed by atoms with van der Waals surface area (Å²) in [6.07, 6.45) is 2.57. The molecule has 1 unspecified atom stereocenters. The van der Waals surface area contributed by atoms with Crippen LogP contribution >= 0.6 is 23.5 Å². The van der Waals surface area contributed by atoms with Crippen LogP contribution in [-0.4, -0.2) is 18.1 Å². The van der Waals surface area contributed by atoms with Crippen molar-refractivity contribution >= 4 is 23.5 Å². The third-order valence-electron chi connectivity index (χ3n) is 3.11. The molecule has 0 radical (unpaired) electrons. The van der Waals surface area contributed by atoms with Crippen LogP contribution in [0.4, 0.5) is 0 Å². The largest absolute Gasteiger partial charge is 0.299 e. The van der Waals surface area contributed by atoms with Crippen LogP contribution in [-0.2, 0) is 4.87 Å². The first kappa shape index (κ1) is 10.1. The van der Waals surface area contributed by atoms with Gasteiger partial charge in [-0.2, -0.15) is 0 Å².